The van der Waals surface area contributed by atoms with E-state index in [1.54, 1.807) is 0 Å². The molecule has 47 heavy (non-hydrogen) atoms. The van der Waals surface area contributed by atoms with Gasteiger partial charge in [0.15, 0.2) is 0 Å². The predicted molar refractivity (Wildman–Crippen MR) is 199 cm³/mol. The van der Waals surface area contributed by atoms with Gasteiger partial charge in [0.1, 0.15) is 0 Å². The molecule has 6 aromatic carbocycles. The fourth-order valence-electron chi connectivity index (χ4n) is 5.66. The fourth-order valence-corrected chi connectivity index (χ4v) is 11.2. The summed E-state index contributed by atoms with van der Waals surface area (Å²) in [6.07, 6.45) is 0. The van der Waals surface area contributed by atoms with Crippen LogP contribution in [0.1, 0.15) is 33.4 Å². The Bertz CT molecular complexity index is 1520. The van der Waals surface area contributed by atoms with E-state index in [-0.39, 0.29) is 45.2 Å². The number of rotatable bonds is 6. The van der Waals surface area contributed by atoms with Crippen molar-refractivity contribution in [3.63, 3.8) is 0 Å². The summed E-state index contributed by atoms with van der Waals surface area (Å²) in [5, 5.41) is 8.76. The molecule has 0 saturated heterocycles. The summed E-state index contributed by atoms with van der Waals surface area (Å²) in [5.74, 6) is 0. The van der Waals surface area contributed by atoms with Gasteiger partial charge in [-0.3, -0.25) is 0 Å². The van der Waals surface area contributed by atoms with Crippen molar-refractivity contribution >= 4 is 47.7 Å². The van der Waals surface area contributed by atoms with Gasteiger partial charge in [-0.05, 0) is 123 Å². The molecule has 0 saturated carbocycles. The van der Waals surface area contributed by atoms with Gasteiger partial charge in [-0.2, -0.15) is 0 Å². The summed E-state index contributed by atoms with van der Waals surface area (Å²) in [6.45, 7) is 13.3. The van der Waals surface area contributed by atoms with Crippen LogP contribution < -0.4 is 56.6 Å². The van der Waals surface area contributed by atoms with Gasteiger partial charge in [-0.15, -0.1) is 0 Å². The van der Waals surface area contributed by atoms with Crippen molar-refractivity contribution in [1.82, 2.24) is 0 Å². The molecule has 0 N–H and O–H groups in total. The van der Waals surface area contributed by atoms with Gasteiger partial charge in [-0.1, -0.05) is 146 Å². The van der Waals surface area contributed by atoms with Crippen LogP contribution in [0, 0.1) is 41.5 Å². The Hall–Kier alpha value is -2.58. The standard InChI is InChI=1S/2C21H21P.2ClH.Pd/c2*1-16-10-4-7-13-19(16)22(20-14-8-5-11-17(20)2)21-15-9-6-12-18(21)3;;;/h2*4-15H,1-3H3;2*1H;/q;;;;+2/p-2. The van der Waals surface area contributed by atoms with Crippen molar-refractivity contribution < 1.29 is 45.2 Å². The minimum Gasteiger partial charge on any atom is -1.00 e. The number of hydrogen-bond acceptors (Lipinski definition) is 0. The average Bonchev–Trinajstić information content (AvgIpc) is 3.03. The van der Waals surface area contributed by atoms with Gasteiger partial charge in [0, 0.05) is 0 Å². The van der Waals surface area contributed by atoms with E-state index in [2.05, 4.69) is 187 Å². The molecule has 0 aliphatic rings. The Morgan fingerprint density at radius 2 is 0.383 bits per heavy atom. The summed E-state index contributed by atoms with van der Waals surface area (Å²) >= 11 is 0. The molecule has 0 bridgehead atoms. The molecule has 0 unspecified atom stereocenters. The van der Waals surface area contributed by atoms with Gasteiger partial charge in [-0.25, -0.2) is 0 Å². The molecule has 0 amide bonds. The van der Waals surface area contributed by atoms with Gasteiger partial charge in [0.25, 0.3) is 0 Å². The van der Waals surface area contributed by atoms with Crippen molar-refractivity contribution in [2.24, 2.45) is 0 Å². The maximum atomic E-state index is 2.29. The van der Waals surface area contributed by atoms with Crippen LogP contribution in [0.3, 0.4) is 0 Å². The minimum absolute atomic E-state index is 0. The fraction of sp³-hybridized carbons (Fsp3) is 0.143. The summed E-state index contributed by atoms with van der Waals surface area (Å²) in [6, 6.07) is 52.8. The van der Waals surface area contributed by atoms with E-state index in [1.165, 1.54) is 65.2 Å². The molecule has 0 radical (unpaired) electrons. The van der Waals surface area contributed by atoms with Crippen LogP contribution in [0.4, 0.5) is 0 Å². The zero-order valence-electron chi connectivity index (χ0n) is 27.8. The predicted octanol–water partition coefficient (Wildman–Crippen LogP) is 2.75. The van der Waals surface area contributed by atoms with Crippen LogP contribution in [0.25, 0.3) is 0 Å². The third kappa shape index (κ3) is 9.75. The third-order valence-corrected chi connectivity index (χ3v) is 14.0. The largest absolute Gasteiger partial charge is 2.00 e. The maximum Gasteiger partial charge on any atom is 2.00 e. The Labute approximate surface area is 311 Å². The smallest absolute Gasteiger partial charge is 1.00 e. The molecule has 6 aromatic rings. The summed E-state index contributed by atoms with van der Waals surface area (Å²) in [4.78, 5) is 0. The Balaban J connectivity index is 0.000000307. The van der Waals surface area contributed by atoms with Crippen molar-refractivity contribution in [2.45, 2.75) is 41.5 Å². The van der Waals surface area contributed by atoms with Crippen molar-refractivity contribution in [1.29, 1.82) is 0 Å². The Kier molecular flexibility index (Phi) is 16.8. The van der Waals surface area contributed by atoms with E-state index >= 15 is 0 Å². The van der Waals surface area contributed by atoms with Crippen LogP contribution in [-0.2, 0) is 20.4 Å². The van der Waals surface area contributed by atoms with Crippen molar-refractivity contribution in [2.75, 3.05) is 0 Å². The van der Waals surface area contributed by atoms with Crippen LogP contribution in [0.2, 0.25) is 0 Å². The zero-order valence-corrected chi connectivity index (χ0v) is 32.7. The molecule has 6 rings (SSSR count). The summed E-state index contributed by atoms with van der Waals surface area (Å²) < 4.78 is 0. The zero-order chi connectivity index (χ0) is 31.1. The van der Waals surface area contributed by atoms with Gasteiger partial charge in [0.05, 0.1) is 0 Å². The molecule has 0 heterocycles. The van der Waals surface area contributed by atoms with Gasteiger partial charge < -0.3 is 24.8 Å². The second kappa shape index (κ2) is 19.4. The van der Waals surface area contributed by atoms with E-state index in [0.717, 1.165) is 0 Å². The Morgan fingerprint density at radius 3 is 0.511 bits per heavy atom. The summed E-state index contributed by atoms with van der Waals surface area (Å²) in [5.41, 5.74) is 8.25. The monoisotopic (exact) mass is 784 g/mol. The van der Waals surface area contributed by atoms with Crippen molar-refractivity contribution in [3.8, 4) is 0 Å². The van der Waals surface area contributed by atoms with E-state index in [9.17, 15) is 0 Å². The first-order valence-electron chi connectivity index (χ1n) is 15.3. The topological polar surface area (TPSA) is 0 Å². The molecule has 0 aliphatic carbocycles. The normalized spacial score (nSPS) is 10.2. The first kappa shape index (κ1) is 40.6. The molecule has 0 nitrogen and oxygen atoms in total. The second-order valence-corrected chi connectivity index (χ2v) is 15.6. The van der Waals surface area contributed by atoms with E-state index in [0.29, 0.717) is 0 Å². The summed E-state index contributed by atoms with van der Waals surface area (Å²) in [7, 11) is -1.02. The molecule has 5 heteroatoms. The van der Waals surface area contributed by atoms with E-state index < -0.39 is 15.8 Å². The number of hydrogen-bond donors (Lipinski definition) is 0. The molecular formula is C42H42Cl2P2Pd. The van der Waals surface area contributed by atoms with Crippen LogP contribution in [0.5, 0.6) is 0 Å². The van der Waals surface area contributed by atoms with E-state index in [1.807, 2.05) is 0 Å². The molecule has 0 spiro atoms. The van der Waals surface area contributed by atoms with E-state index in [4.69, 9.17) is 0 Å². The molecule has 0 fully saturated rings. The van der Waals surface area contributed by atoms with Gasteiger partial charge >= 0.3 is 20.4 Å². The van der Waals surface area contributed by atoms with Crippen LogP contribution in [-0.4, -0.2) is 0 Å². The minimum atomic E-state index is -0.508. The van der Waals surface area contributed by atoms with Crippen LogP contribution >= 0.6 is 15.8 Å². The SMILES string of the molecule is Cc1ccccc1P(c1ccccc1C)c1ccccc1C.Cc1ccccc1P(c1ccccc1C)c1ccccc1C.[Cl-].[Cl-].[Pd+2]. The average molecular weight is 786 g/mol. The number of aryl methyl sites for hydroxylation is 6. The quantitative estimate of drug-likeness (QED) is 0.180. The third-order valence-electron chi connectivity index (χ3n) is 8.14. The van der Waals surface area contributed by atoms with Crippen molar-refractivity contribution in [3.05, 3.63) is 179 Å². The second-order valence-electron chi connectivity index (χ2n) is 11.4. The van der Waals surface area contributed by atoms with Crippen LogP contribution in [0.15, 0.2) is 146 Å². The molecule has 244 valence electrons. The first-order chi connectivity index (χ1) is 21.4. The first-order valence-corrected chi connectivity index (χ1v) is 18.0. The molecule has 0 aliphatic heterocycles. The number of benzene rings is 6. The molecule has 0 aromatic heterocycles. The molecular weight excluding hydrogens is 744 g/mol. The Morgan fingerprint density at radius 1 is 0.255 bits per heavy atom. The molecule has 0 atom stereocenters. The van der Waals surface area contributed by atoms with Gasteiger partial charge in [0.2, 0.25) is 0 Å². The number of halogens is 2. The maximum absolute atomic E-state index is 2.29.